The lowest BCUT2D eigenvalue weighted by atomic mass is 10.3. The quantitative estimate of drug-likeness (QED) is 0.166. The van der Waals surface area contributed by atoms with Gasteiger partial charge in [-0.15, -0.1) is 0 Å². The molecule has 0 rings (SSSR count). The number of hydrogen-bond acceptors (Lipinski definition) is 23. The van der Waals surface area contributed by atoms with Crippen LogP contribution in [0.1, 0.15) is 0 Å². The Morgan fingerprint density at radius 3 is 0.393 bits per heavy atom. The van der Waals surface area contributed by atoms with Crippen molar-refractivity contribution in [1.29, 1.82) is 0 Å². The minimum absolute atomic E-state index is 0. The van der Waals surface area contributed by atoms with Gasteiger partial charge in [0.05, 0.1) is 0 Å². The van der Waals surface area contributed by atoms with Gasteiger partial charge < -0.3 is 128 Å². The molecule has 44 N–H and O–H groups in total. The lowest BCUT2D eigenvalue weighted by Gasteiger charge is -1.84. The molecule has 0 bridgehead atoms. The molecule has 0 fully saturated rings. The van der Waals surface area contributed by atoms with E-state index in [0.717, 1.165) is 0 Å². The van der Waals surface area contributed by atoms with Crippen molar-refractivity contribution in [3.05, 3.63) is 0 Å². The summed E-state index contributed by atoms with van der Waals surface area (Å²) in [6.07, 6.45) is 0. The Labute approximate surface area is 165 Å². The van der Waals surface area contributed by atoms with Gasteiger partial charge in [-0.3, -0.25) is 0 Å². The topological polar surface area (TPSA) is 617 Å². The van der Waals surface area contributed by atoms with Crippen LogP contribution in [0.2, 0.25) is 0 Å². The molecular formula is CH47B4N11O12. The van der Waals surface area contributed by atoms with E-state index >= 15 is 0 Å². The van der Waals surface area contributed by atoms with Crippen LogP contribution in [0.4, 0.5) is 0 Å². The summed E-state index contributed by atoms with van der Waals surface area (Å²) >= 11 is 0. The van der Waals surface area contributed by atoms with E-state index in [1.165, 1.54) is 7.11 Å². The second-order valence-corrected chi connectivity index (χ2v) is 1.60. The van der Waals surface area contributed by atoms with Crippen molar-refractivity contribution < 1.29 is 59.9 Å². The van der Waals surface area contributed by atoms with Crippen molar-refractivity contribution >= 4 is 29.3 Å². The van der Waals surface area contributed by atoms with Crippen LogP contribution >= 0.6 is 0 Å². The maximum atomic E-state index is 7.69. The second kappa shape index (κ2) is 111. The van der Waals surface area contributed by atoms with Crippen LogP contribution in [-0.4, -0.2) is 91.7 Å². The highest BCUT2D eigenvalue weighted by Gasteiger charge is 2.00. The highest BCUT2D eigenvalue weighted by atomic mass is 16.6. The molecule has 0 atom stereocenters. The van der Waals surface area contributed by atoms with Gasteiger partial charge >= 0.3 is 29.3 Å². The standard InChI is InChI=1S/CH5BO3.3BH3O3.11H3N/c1-5-2(3)4;3*2-1(3)4;;;;;;;;;;;/h3-4H,1H3;3*2-4H;11*1H3. The van der Waals surface area contributed by atoms with Crippen LogP contribution in [0, 0.1) is 0 Å². The molecule has 0 aromatic heterocycles. The van der Waals surface area contributed by atoms with Crippen molar-refractivity contribution in [3.63, 3.8) is 0 Å². The van der Waals surface area contributed by atoms with E-state index < -0.39 is 29.3 Å². The second-order valence-electron chi connectivity index (χ2n) is 1.60. The first kappa shape index (κ1) is 125. The van der Waals surface area contributed by atoms with Gasteiger partial charge in [-0.2, -0.15) is 0 Å². The van der Waals surface area contributed by atoms with E-state index in [-0.39, 0.29) is 67.7 Å². The molecule has 0 spiro atoms. The summed E-state index contributed by atoms with van der Waals surface area (Å²) in [7, 11) is -6.92. The Bertz CT molecular complexity index is 111. The third kappa shape index (κ3) is 8360. The Morgan fingerprint density at radius 1 is 0.357 bits per heavy atom. The maximum Gasteiger partial charge on any atom is 0.633 e. The van der Waals surface area contributed by atoms with Gasteiger partial charge in [0.2, 0.25) is 0 Å². The van der Waals surface area contributed by atoms with Gasteiger partial charge in [0.15, 0.2) is 0 Å². The smallest absolute Gasteiger partial charge is 0.402 e. The van der Waals surface area contributed by atoms with Gasteiger partial charge in [-0.25, -0.2) is 0 Å². The zero-order valence-corrected chi connectivity index (χ0v) is 16.4. The molecule has 0 saturated heterocycles. The first-order valence-corrected chi connectivity index (χ1v) is 3.48. The van der Waals surface area contributed by atoms with Crippen molar-refractivity contribution in [2.24, 2.45) is 0 Å². The van der Waals surface area contributed by atoms with Crippen molar-refractivity contribution in [3.8, 4) is 0 Å². The van der Waals surface area contributed by atoms with E-state index in [9.17, 15) is 0 Å². The Hall–Kier alpha value is -0.660. The molecule has 0 amide bonds. The van der Waals surface area contributed by atoms with E-state index in [1.807, 2.05) is 0 Å². The average molecular weight is 449 g/mol. The van der Waals surface area contributed by atoms with Gasteiger partial charge in [-0.1, -0.05) is 0 Å². The Morgan fingerprint density at radius 2 is 0.393 bits per heavy atom. The van der Waals surface area contributed by atoms with E-state index in [4.69, 9.17) is 55.3 Å². The summed E-state index contributed by atoms with van der Waals surface area (Å²) in [6.45, 7) is 0. The first-order valence-electron chi connectivity index (χ1n) is 3.48. The summed E-state index contributed by atoms with van der Waals surface area (Å²) < 4.78 is 3.86. The average Bonchev–Trinajstić information content (AvgIpc) is 2.00. The van der Waals surface area contributed by atoms with Crippen LogP contribution in [0.15, 0.2) is 0 Å². The van der Waals surface area contributed by atoms with Gasteiger partial charge in [-0.05, 0) is 0 Å². The van der Waals surface area contributed by atoms with Crippen LogP contribution in [-0.2, 0) is 4.65 Å². The molecule has 0 unspecified atom stereocenters. The molecule has 0 saturated carbocycles. The number of hydrogen-bond donors (Lipinski definition) is 22. The van der Waals surface area contributed by atoms with Crippen LogP contribution < -0.4 is 67.7 Å². The third-order valence-corrected chi connectivity index (χ3v) is 0.211. The molecule has 0 heterocycles. The highest BCUT2D eigenvalue weighted by molar-refractivity contribution is 6.32. The fourth-order valence-corrected chi connectivity index (χ4v) is 0. The zero-order valence-electron chi connectivity index (χ0n) is 16.4. The van der Waals surface area contributed by atoms with Crippen molar-refractivity contribution in [2.45, 2.75) is 0 Å². The zero-order chi connectivity index (χ0) is 15.0. The molecule has 23 nitrogen and oxygen atoms in total. The monoisotopic (exact) mass is 449 g/mol. The lowest BCUT2D eigenvalue weighted by Crippen LogP contribution is -2.12. The summed E-state index contributed by atoms with van der Waals surface area (Å²) in [5.41, 5.74) is 0. The van der Waals surface area contributed by atoms with Gasteiger partial charge in [0.25, 0.3) is 0 Å². The van der Waals surface area contributed by atoms with Crippen LogP contribution in [0.3, 0.4) is 0 Å². The molecule has 0 radical (unpaired) electrons. The summed E-state index contributed by atoms with van der Waals surface area (Å²) in [5.74, 6) is 0. The molecule has 190 valence electrons. The molecule has 27 heteroatoms. The van der Waals surface area contributed by atoms with Crippen LogP contribution in [0.5, 0.6) is 0 Å². The molecule has 0 aromatic carbocycles. The molecular weight excluding hydrogens is 401 g/mol. The largest absolute Gasteiger partial charge is 0.633 e. The minimum atomic E-state index is -2.17. The molecule has 0 aliphatic carbocycles. The normalized spacial score (nSPS) is 4.29. The molecule has 0 aliphatic rings. The first-order chi connectivity index (χ1) is 7.47. The van der Waals surface area contributed by atoms with E-state index in [0.29, 0.717) is 0 Å². The minimum Gasteiger partial charge on any atom is -0.402 e. The van der Waals surface area contributed by atoms with Crippen molar-refractivity contribution in [2.75, 3.05) is 7.11 Å². The SMILES string of the molecule is COB(O)O.N.N.N.N.N.N.N.N.N.N.N.OB(O)O.OB(O)O.OB(O)O. The fraction of sp³-hybridized carbons (Fsp3) is 1.00. The molecule has 0 aliphatic heterocycles. The Balaban J connectivity index is -0.00000000549. The summed E-state index contributed by atoms with van der Waals surface area (Å²) in [6, 6.07) is 0. The van der Waals surface area contributed by atoms with Gasteiger partial charge in [0.1, 0.15) is 0 Å². The Kier molecular flexibility index (Phi) is 494. The predicted molar refractivity (Wildman–Crippen MR) is 110 cm³/mol. The summed E-state index contributed by atoms with van der Waals surface area (Å²) in [5, 5.41) is 79.9. The predicted octanol–water partition coefficient (Wildman–Crippen LogP) is -5.77. The fourth-order valence-electron chi connectivity index (χ4n) is 0. The summed E-state index contributed by atoms with van der Waals surface area (Å²) in [4.78, 5) is 0. The van der Waals surface area contributed by atoms with Gasteiger partial charge in [0, 0.05) is 7.11 Å². The van der Waals surface area contributed by atoms with E-state index in [2.05, 4.69) is 4.65 Å². The lowest BCUT2D eigenvalue weighted by molar-refractivity contribution is 0.229. The number of rotatable bonds is 1. The third-order valence-electron chi connectivity index (χ3n) is 0.211. The van der Waals surface area contributed by atoms with E-state index in [1.54, 1.807) is 0 Å². The highest BCUT2D eigenvalue weighted by Crippen LogP contribution is 1.59. The van der Waals surface area contributed by atoms with Crippen molar-refractivity contribution in [1.82, 2.24) is 67.7 Å². The molecule has 0 aromatic rings. The van der Waals surface area contributed by atoms with Crippen LogP contribution in [0.25, 0.3) is 0 Å². The molecule has 28 heavy (non-hydrogen) atoms. The maximum absolute atomic E-state index is 7.69.